The lowest BCUT2D eigenvalue weighted by molar-refractivity contribution is 0.827. The van der Waals surface area contributed by atoms with Crippen LogP contribution in [0.5, 0.6) is 0 Å². The van der Waals surface area contributed by atoms with Crippen LogP contribution in [0.15, 0.2) is 48.7 Å². The van der Waals surface area contributed by atoms with Crippen molar-refractivity contribution < 1.29 is 0 Å². The molecule has 1 heterocycles. The zero-order valence-corrected chi connectivity index (χ0v) is 12.9. The van der Waals surface area contributed by atoms with Crippen molar-refractivity contribution in [1.82, 2.24) is 4.57 Å². The molecule has 0 radical (unpaired) electrons. The SMILES string of the molecule is Cc1ccc(Cn2cc(CCN)c3ccccc32)c(Cl)c1. The molecular weight excluding hydrogens is 280 g/mol. The molecule has 0 amide bonds. The van der Waals surface area contributed by atoms with Gasteiger partial charge in [0.25, 0.3) is 0 Å². The van der Waals surface area contributed by atoms with E-state index in [1.165, 1.54) is 22.0 Å². The van der Waals surface area contributed by atoms with Gasteiger partial charge in [0.2, 0.25) is 0 Å². The molecule has 108 valence electrons. The molecule has 0 saturated carbocycles. The number of halogens is 1. The Morgan fingerprint density at radius 2 is 1.90 bits per heavy atom. The molecule has 0 atom stereocenters. The highest BCUT2D eigenvalue weighted by Crippen LogP contribution is 2.25. The maximum atomic E-state index is 6.37. The Labute approximate surface area is 130 Å². The molecule has 2 aromatic carbocycles. The minimum absolute atomic E-state index is 0.666. The molecule has 21 heavy (non-hydrogen) atoms. The average Bonchev–Trinajstić information content (AvgIpc) is 2.81. The number of aryl methyl sites for hydroxylation is 1. The maximum Gasteiger partial charge on any atom is 0.0491 e. The highest BCUT2D eigenvalue weighted by atomic mass is 35.5. The average molecular weight is 299 g/mol. The normalized spacial score (nSPS) is 11.2. The highest BCUT2D eigenvalue weighted by Gasteiger charge is 2.09. The fourth-order valence-electron chi connectivity index (χ4n) is 2.77. The zero-order valence-electron chi connectivity index (χ0n) is 12.1. The van der Waals surface area contributed by atoms with E-state index in [2.05, 4.69) is 54.1 Å². The van der Waals surface area contributed by atoms with Gasteiger partial charge in [-0.25, -0.2) is 0 Å². The number of hydrogen-bond donors (Lipinski definition) is 1. The summed E-state index contributed by atoms with van der Waals surface area (Å²) in [6.07, 6.45) is 3.10. The number of para-hydroxylation sites is 1. The van der Waals surface area contributed by atoms with E-state index in [9.17, 15) is 0 Å². The van der Waals surface area contributed by atoms with Crippen molar-refractivity contribution >= 4 is 22.5 Å². The number of benzene rings is 2. The van der Waals surface area contributed by atoms with Crippen LogP contribution in [0.4, 0.5) is 0 Å². The summed E-state index contributed by atoms with van der Waals surface area (Å²) in [6, 6.07) is 14.7. The Balaban J connectivity index is 2.04. The summed E-state index contributed by atoms with van der Waals surface area (Å²) >= 11 is 6.37. The van der Waals surface area contributed by atoms with Gasteiger partial charge >= 0.3 is 0 Å². The second kappa shape index (κ2) is 5.92. The molecular formula is C18H19ClN2. The van der Waals surface area contributed by atoms with E-state index in [0.717, 1.165) is 23.6 Å². The lowest BCUT2D eigenvalue weighted by Crippen LogP contribution is -2.02. The van der Waals surface area contributed by atoms with E-state index in [1.54, 1.807) is 0 Å². The third-order valence-electron chi connectivity index (χ3n) is 3.83. The first-order valence-electron chi connectivity index (χ1n) is 7.21. The Morgan fingerprint density at radius 1 is 1.10 bits per heavy atom. The van der Waals surface area contributed by atoms with Gasteiger partial charge in [-0.3, -0.25) is 0 Å². The smallest absolute Gasteiger partial charge is 0.0491 e. The first-order chi connectivity index (χ1) is 10.2. The lowest BCUT2D eigenvalue weighted by Gasteiger charge is -2.08. The van der Waals surface area contributed by atoms with Crippen LogP contribution in [-0.4, -0.2) is 11.1 Å². The molecule has 3 aromatic rings. The van der Waals surface area contributed by atoms with E-state index in [1.807, 2.05) is 6.07 Å². The van der Waals surface area contributed by atoms with Gasteiger partial charge in [-0.1, -0.05) is 41.9 Å². The van der Waals surface area contributed by atoms with Crippen LogP contribution in [0.25, 0.3) is 10.9 Å². The zero-order chi connectivity index (χ0) is 14.8. The molecule has 0 spiro atoms. The quantitative estimate of drug-likeness (QED) is 0.770. The van der Waals surface area contributed by atoms with E-state index < -0.39 is 0 Å². The molecule has 2 N–H and O–H groups in total. The molecule has 3 heteroatoms. The molecule has 2 nitrogen and oxygen atoms in total. The largest absolute Gasteiger partial charge is 0.343 e. The van der Waals surface area contributed by atoms with Crippen LogP contribution in [-0.2, 0) is 13.0 Å². The lowest BCUT2D eigenvalue weighted by atomic mass is 10.1. The topological polar surface area (TPSA) is 30.9 Å². The molecule has 0 unspecified atom stereocenters. The summed E-state index contributed by atoms with van der Waals surface area (Å²) in [7, 11) is 0. The van der Waals surface area contributed by atoms with Gasteiger partial charge in [-0.15, -0.1) is 0 Å². The summed E-state index contributed by atoms with van der Waals surface area (Å²) < 4.78 is 2.26. The molecule has 0 aliphatic carbocycles. The van der Waals surface area contributed by atoms with Crippen LogP contribution in [0, 0.1) is 6.92 Å². The minimum Gasteiger partial charge on any atom is -0.343 e. The van der Waals surface area contributed by atoms with Gasteiger partial charge in [0.15, 0.2) is 0 Å². The van der Waals surface area contributed by atoms with Crippen molar-refractivity contribution in [3.63, 3.8) is 0 Å². The maximum absolute atomic E-state index is 6.37. The summed E-state index contributed by atoms with van der Waals surface area (Å²) in [6.45, 7) is 3.50. The van der Waals surface area contributed by atoms with E-state index >= 15 is 0 Å². The van der Waals surface area contributed by atoms with E-state index in [-0.39, 0.29) is 0 Å². The summed E-state index contributed by atoms with van der Waals surface area (Å²) in [5.74, 6) is 0. The van der Waals surface area contributed by atoms with Crippen molar-refractivity contribution in [3.8, 4) is 0 Å². The van der Waals surface area contributed by atoms with Crippen LogP contribution < -0.4 is 5.73 Å². The Kier molecular flexibility index (Phi) is 4.00. The van der Waals surface area contributed by atoms with Gasteiger partial charge in [-0.2, -0.15) is 0 Å². The number of rotatable bonds is 4. The number of nitrogens with two attached hydrogens (primary N) is 1. The van der Waals surface area contributed by atoms with Crippen molar-refractivity contribution in [3.05, 3.63) is 70.4 Å². The van der Waals surface area contributed by atoms with Crippen molar-refractivity contribution in [1.29, 1.82) is 0 Å². The van der Waals surface area contributed by atoms with Gasteiger partial charge in [0.1, 0.15) is 0 Å². The predicted molar refractivity (Wildman–Crippen MR) is 90.0 cm³/mol. The molecule has 3 rings (SSSR count). The molecule has 0 fully saturated rings. The Morgan fingerprint density at radius 3 is 2.67 bits per heavy atom. The van der Waals surface area contributed by atoms with Gasteiger partial charge in [0.05, 0.1) is 0 Å². The number of nitrogens with zero attached hydrogens (tertiary/aromatic N) is 1. The molecule has 0 aliphatic heterocycles. The fourth-order valence-corrected chi connectivity index (χ4v) is 3.07. The Bertz CT molecular complexity index is 774. The first-order valence-corrected chi connectivity index (χ1v) is 7.58. The number of fused-ring (bicyclic) bond motifs is 1. The van der Waals surface area contributed by atoms with E-state index in [4.69, 9.17) is 17.3 Å². The van der Waals surface area contributed by atoms with E-state index in [0.29, 0.717) is 6.54 Å². The van der Waals surface area contributed by atoms with Crippen LogP contribution in [0.3, 0.4) is 0 Å². The Hall–Kier alpha value is -1.77. The minimum atomic E-state index is 0.666. The van der Waals surface area contributed by atoms with Crippen molar-refractivity contribution in [2.45, 2.75) is 19.9 Å². The fraction of sp³-hybridized carbons (Fsp3) is 0.222. The summed E-state index contributed by atoms with van der Waals surface area (Å²) in [4.78, 5) is 0. The van der Waals surface area contributed by atoms with Crippen molar-refractivity contribution in [2.24, 2.45) is 5.73 Å². The van der Waals surface area contributed by atoms with Gasteiger partial charge in [-0.05, 0) is 48.7 Å². The highest BCUT2D eigenvalue weighted by molar-refractivity contribution is 6.31. The molecule has 0 saturated heterocycles. The standard InChI is InChI=1S/C18H19ClN2/c1-13-6-7-15(17(19)10-13)12-21-11-14(8-9-20)16-4-2-3-5-18(16)21/h2-7,10-11H,8-9,12,20H2,1H3. The molecule has 1 aromatic heterocycles. The second-order valence-electron chi connectivity index (χ2n) is 5.43. The predicted octanol–water partition coefficient (Wildman–Crippen LogP) is 4.15. The van der Waals surface area contributed by atoms with Crippen LogP contribution >= 0.6 is 11.6 Å². The monoisotopic (exact) mass is 298 g/mol. The van der Waals surface area contributed by atoms with Crippen LogP contribution in [0.1, 0.15) is 16.7 Å². The van der Waals surface area contributed by atoms with Gasteiger partial charge in [0, 0.05) is 28.7 Å². The second-order valence-corrected chi connectivity index (χ2v) is 5.84. The van der Waals surface area contributed by atoms with Crippen molar-refractivity contribution in [2.75, 3.05) is 6.54 Å². The number of aromatic nitrogens is 1. The first kappa shape index (κ1) is 14.2. The van der Waals surface area contributed by atoms with Gasteiger partial charge < -0.3 is 10.3 Å². The number of hydrogen-bond acceptors (Lipinski definition) is 1. The third kappa shape index (κ3) is 2.82. The summed E-state index contributed by atoms with van der Waals surface area (Å²) in [5, 5.41) is 2.11. The molecule has 0 bridgehead atoms. The third-order valence-corrected chi connectivity index (χ3v) is 4.19. The molecule has 0 aliphatic rings. The van der Waals surface area contributed by atoms with Crippen LogP contribution in [0.2, 0.25) is 5.02 Å². The summed E-state index contributed by atoms with van der Waals surface area (Å²) in [5.41, 5.74) is 10.6.